The summed E-state index contributed by atoms with van der Waals surface area (Å²) in [6, 6.07) is 2.96. The summed E-state index contributed by atoms with van der Waals surface area (Å²) in [5.41, 5.74) is 6.35. The van der Waals surface area contributed by atoms with Crippen LogP contribution in [0.15, 0.2) is 26.0 Å². The number of nitrogens with two attached hydrogens (primary N) is 1. The zero-order valence-electron chi connectivity index (χ0n) is 10.4. The average molecular weight is 430 g/mol. The first-order valence-electron chi connectivity index (χ1n) is 5.39. The van der Waals surface area contributed by atoms with Crippen molar-refractivity contribution in [3.05, 3.63) is 26.6 Å². The normalized spacial score (nSPS) is 13.3. The Morgan fingerprint density at radius 1 is 1.42 bits per heavy atom. The van der Waals surface area contributed by atoms with Gasteiger partial charge in [0.2, 0.25) is 10.0 Å². The second-order valence-corrected chi connectivity index (χ2v) is 8.14. The van der Waals surface area contributed by atoms with E-state index in [1.807, 2.05) is 6.92 Å². The highest BCUT2D eigenvalue weighted by atomic mass is 79.9. The topological polar surface area (TPSA) is 72.2 Å². The monoisotopic (exact) mass is 428 g/mol. The molecule has 0 radical (unpaired) electrons. The Morgan fingerprint density at radius 3 is 2.53 bits per heavy atom. The van der Waals surface area contributed by atoms with Crippen LogP contribution >= 0.6 is 44.1 Å². The lowest BCUT2D eigenvalue weighted by atomic mass is 10.2. The van der Waals surface area contributed by atoms with Gasteiger partial charge in [-0.3, -0.25) is 0 Å². The van der Waals surface area contributed by atoms with Gasteiger partial charge >= 0.3 is 0 Å². The zero-order chi connectivity index (χ0) is 14.8. The van der Waals surface area contributed by atoms with Crippen LogP contribution in [0.2, 0.25) is 0 Å². The van der Waals surface area contributed by atoms with E-state index in [0.29, 0.717) is 10.9 Å². The van der Waals surface area contributed by atoms with E-state index in [4.69, 9.17) is 18.0 Å². The minimum absolute atomic E-state index is 0.180. The predicted octanol–water partition coefficient (Wildman–Crippen LogP) is 2.86. The Hall–Kier alpha value is -0.0200. The minimum Gasteiger partial charge on any atom is -0.393 e. The van der Waals surface area contributed by atoms with Crippen LogP contribution in [0, 0.1) is 6.92 Å². The number of hydrogen-bond donors (Lipinski definition) is 2. The largest absolute Gasteiger partial charge is 0.393 e. The number of thiocarbonyl (C=S) groups is 1. The number of benzene rings is 1. The Balaban J connectivity index is 3.07. The summed E-state index contributed by atoms with van der Waals surface area (Å²) in [7, 11) is -3.62. The van der Waals surface area contributed by atoms with Crippen LogP contribution in [-0.4, -0.2) is 19.4 Å². The minimum atomic E-state index is -3.62. The summed E-state index contributed by atoms with van der Waals surface area (Å²) in [6.45, 7) is 3.60. The van der Waals surface area contributed by atoms with E-state index in [0.717, 1.165) is 10.0 Å². The molecule has 0 fully saturated rings. The summed E-state index contributed by atoms with van der Waals surface area (Å²) in [4.78, 5) is 0.458. The van der Waals surface area contributed by atoms with Crippen molar-refractivity contribution in [1.82, 2.24) is 4.72 Å². The van der Waals surface area contributed by atoms with Crippen molar-refractivity contribution in [3.8, 4) is 0 Å². The van der Waals surface area contributed by atoms with Crippen molar-refractivity contribution < 1.29 is 8.42 Å². The summed E-state index contributed by atoms with van der Waals surface area (Å²) < 4.78 is 28.3. The van der Waals surface area contributed by atoms with Gasteiger partial charge in [0, 0.05) is 21.4 Å². The second-order valence-electron chi connectivity index (χ2n) is 4.22. The van der Waals surface area contributed by atoms with E-state index >= 15 is 0 Å². The molecule has 0 aliphatic carbocycles. The van der Waals surface area contributed by atoms with E-state index in [1.54, 1.807) is 19.1 Å². The van der Waals surface area contributed by atoms with Gasteiger partial charge in [0.1, 0.15) is 0 Å². The Bertz CT molecular complexity index is 603. The first-order chi connectivity index (χ1) is 8.63. The lowest BCUT2D eigenvalue weighted by molar-refractivity contribution is 0.564. The van der Waals surface area contributed by atoms with Crippen LogP contribution < -0.4 is 10.5 Å². The fourth-order valence-corrected chi connectivity index (χ4v) is 4.68. The van der Waals surface area contributed by atoms with Crippen LogP contribution in [0.1, 0.15) is 18.9 Å². The standard InChI is InChI=1S/C11H14Br2N2O2S2/c1-6-3-9(13)10(5-8(6)12)19(16,17)15-7(2)4-11(14)18/h3,5,7,15H,4H2,1-2H3,(H2,14,18). The molecule has 1 unspecified atom stereocenters. The molecular formula is C11H14Br2N2O2S2. The molecule has 0 bridgehead atoms. The predicted molar refractivity (Wildman–Crippen MR) is 87.8 cm³/mol. The van der Waals surface area contributed by atoms with Crippen molar-refractivity contribution in [2.45, 2.75) is 31.2 Å². The van der Waals surface area contributed by atoms with Gasteiger partial charge in [0.25, 0.3) is 0 Å². The Kier molecular flexibility index (Phi) is 5.94. The maximum absolute atomic E-state index is 12.3. The molecule has 0 aromatic heterocycles. The molecule has 0 saturated heterocycles. The molecule has 3 N–H and O–H groups in total. The van der Waals surface area contributed by atoms with Crippen LogP contribution in [0.4, 0.5) is 0 Å². The lowest BCUT2D eigenvalue weighted by Gasteiger charge is -2.15. The summed E-state index contributed by atoms with van der Waals surface area (Å²) in [5.74, 6) is 0. The van der Waals surface area contributed by atoms with Crippen molar-refractivity contribution in [2.75, 3.05) is 0 Å². The van der Waals surface area contributed by atoms with E-state index in [2.05, 4.69) is 36.6 Å². The van der Waals surface area contributed by atoms with Crippen molar-refractivity contribution >= 4 is 59.1 Å². The van der Waals surface area contributed by atoms with Crippen LogP contribution in [-0.2, 0) is 10.0 Å². The smallest absolute Gasteiger partial charge is 0.241 e. The van der Waals surface area contributed by atoms with Gasteiger partial charge in [-0.1, -0.05) is 28.1 Å². The van der Waals surface area contributed by atoms with E-state index < -0.39 is 10.0 Å². The number of hydrogen-bond acceptors (Lipinski definition) is 3. The molecule has 0 aliphatic heterocycles. The molecule has 0 amide bonds. The number of halogens is 2. The molecule has 19 heavy (non-hydrogen) atoms. The molecule has 4 nitrogen and oxygen atoms in total. The molecule has 1 atom stereocenters. The highest BCUT2D eigenvalue weighted by molar-refractivity contribution is 9.11. The third-order valence-electron chi connectivity index (χ3n) is 2.37. The summed E-state index contributed by atoms with van der Waals surface area (Å²) in [6.07, 6.45) is 0.319. The van der Waals surface area contributed by atoms with E-state index in [9.17, 15) is 8.42 Å². The highest BCUT2D eigenvalue weighted by Gasteiger charge is 2.21. The van der Waals surface area contributed by atoms with Crippen molar-refractivity contribution in [1.29, 1.82) is 0 Å². The number of sulfonamides is 1. The van der Waals surface area contributed by atoms with Crippen LogP contribution in [0.3, 0.4) is 0 Å². The van der Waals surface area contributed by atoms with Gasteiger partial charge in [-0.25, -0.2) is 13.1 Å². The van der Waals surface area contributed by atoms with Crippen LogP contribution in [0.5, 0.6) is 0 Å². The Morgan fingerprint density at radius 2 is 2.00 bits per heavy atom. The third-order valence-corrected chi connectivity index (χ3v) is 5.94. The highest BCUT2D eigenvalue weighted by Crippen LogP contribution is 2.28. The number of nitrogens with one attached hydrogen (secondary N) is 1. The van der Waals surface area contributed by atoms with Gasteiger partial charge in [0.05, 0.1) is 9.88 Å². The summed E-state index contributed by atoms with van der Waals surface area (Å²) >= 11 is 11.4. The SMILES string of the molecule is Cc1cc(Br)c(S(=O)(=O)NC(C)CC(N)=S)cc1Br. The fraction of sp³-hybridized carbons (Fsp3) is 0.364. The van der Waals surface area contributed by atoms with Gasteiger partial charge in [-0.05, 0) is 47.5 Å². The van der Waals surface area contributed by atoms with Crippen molar-refractivity contribution in [2.24, 2.45) is 5.73 Å². The molecule has 1 aromatic carbocycles. The molecule has 8 heteroatoms. The van der Waals surface area contributed by atoms with Gasteiger partial charge in [-0.2, -0.15) is 0 Å². The third kappa shape index (κ3) is 4.78. The molecule has 1 aromatic rings. The first kappa shape index (κ1) is 17.0. The molecule has 0 aliphatic rings. The van der Waals surface area contributed by atoms with Crippen molar-refractivity contribution in [3.63, 3.8) is 0 Å². The lowest BCUT2D eigenvalue weighted by Crippen LogP contribution is -2.35. The van der Waals surface area contributed by atoms with E-state index in [-0.39, 0.29) is 15.9 Å². The van der Waals surface area contributed by atoms with E-state index in [1.165, 1.54) is 0 Å². The summed E-state index contributed by atoms with van der Waals surface area (Å²) in [5, 5.41) is 0. The maximum atomic E-state index is 12.3. The van der Waals surface area contributed by atoms with Gasteiger partial charge < -0.3 is 5.73 Å². The quantitative estimate of drug-likeness (QED) is 0.705. The molecular weight excluding hydrogens is 416 g/mol. The second kappa shape index (κ2) is 6.62. The zero-order valence-corrected chi connectivity index (χ0v) is 15.2. The van der Waals surface area contributed by atoms with Gasteiger partial charge in [0.15, 0.2) is 0 Å². The molecule has 0 heterocycles. The molecule has 0 saturated carbocycles. The number of rotatable bonds is 5. The average Bonchev–Trinajstić information content (AvgIpc) is 2.20. The fourth-order valence-electron chi connectivity index (χ4n) is 1.51. The first-order valence-corrected chi connectivity index (χ1v) is 8.87. The van der Waals surface area contributed by atoms with Crippen LogP contribution in [0.25, 0.3) is 0 Å². The molecule has 1 rings (SSSR count). The maximum Gasteiger partial charge on any atom is 0.241 e. The molecule has 106 valence electrons. The van der Waals surface area contributed by atoms with Gasteiger partial charge in [-0.15, -0.1) is 0 Å². The molecule has 0 spiro atoms. The number of aryl methyl sites for hydroxylation is 1. The Labute approximate surface area is 135 Å².